The van der Waals surface area contributed by atoms with E-state index in [1.807, 2.05) is 20.0 Å². The first-order chi connectivity index (χ1) is 14.0. The van der Waals surface area contributed by atoms with Gasteiger partial charge in [-0.3, -0.25) is 4.79 Å². The van der Waals surface area contributed by atoms with Gasteiger partial charge < -0.3 is 15.7 Å². The zero-order valence-electron chi connectivity index (χ0n) is 18.1. The topological polar surface area (TPSA) is 74.2 Å². The molecule has 0 radical (unpaired) electrons. The molecule has 0 bridgehead atoms. The fraction of sp³-hybridized carbons (Fsp3) is 0.545. The Kier molecular flexibility index (Phi) is 8.46. The number of halogens is 2. The predicted octanol–water partition coefficient (Wildman–Crippen LogP) is 3.55. The number of amides is 1. The minimum atomic E-state index is -0.956. The van der Waals surface area contributed by atoms with Gasteiger partial charge >= 0.3 is 0 Å². The van der Waals surface area contributed by atoms with Crippen LogP contribution in [0.25, 0.3) is 0 Å². The first kappa shape index (κ1) is 24.4. The lowest BCUT2D eigenvalue weighted by atomic mass is 9.98. The minimum Gasteiger partial charge on any atom is -0.390 e. The number of carbonyl (C=O) groups is 1. The maximum Gasteiger partial charge on any atom is 0.217 e. The summed E-state index contributed by atoms with van der Waals surface area (Å²) in [6, 6.07) is 2.51. The molecule has 8 heteroatoms. The highest BCUT2D eigenvalue weighted by molar-refractivity contribution is 7.11. The zero-order chi connectivity index (χ0) is 22.5. The number of aromatic nitrogens is 1. The monoisotopic (exact) mass is 439 g/mol. The molecule has 1 amide bonds. The van der Waals surface area contributed by atoms with E-state index in [1.54, 1.807) is 11.3 Å². The molecule has 166 valence electrons. The third kappa shape index (κ3) is 7.41. The zero-order valence-corrected chi connectivity index (χ0v) is 18.9. The van der Waals surface area contributed by atoms with E-state index in [1.165, 1.54) is 19.1 Å². The van der Waals surface area contributed by atoms with Crippen molar-refractivity contribution in [1.82, 2.24) is 15.6 Å². The van der Waals surface area contributed by atoms with Crippen molar-refractivity contribution in [3.8, 4) is 0 Å². The molecule has 2 atom stereocenters. The fourth-order valence-electron chi connectivity index (χ4n) is 3.16. The van der Waals surface area contributed by atoms with Crippen molar-refractivity contribution < 1.29 is 18.7 Å². The van der Waals surface area contributed by atoms with Gasteiger partial charge in [0.2, 0.25) is 5.91 Å². The van der Waals surface area contributed by atoms with Crippen molar-refractivity contribution in [3.05, 3.63) is 51.5 Å². The van der Waals surface area contributed by atoms with E-state index >= 15 is 0 Å². The molecule has 0 aliphatic carbocycles. The smallest absolute Gasteiger partial charge is 0.217 e. The third-order valence-corrected chi connectivity index (χ3v) is 6.08. The van der Waals surface area contributed by atoms with Gasteiger partial charge in [0.15, 0.2) is 0 Å². The van der Waals surface area contributed by atoms with Crippen LogP contribution in [-0.2, 0) is 23.2 Å². The van der Waals surface area contributed by atoms with Gasteiger partial charge in [0.25, 0.3) is 0 Å². The second kappa shape index (κ2) is 10.4. The van der Waals surface area contributed by atoms with Crippen LogP contribution in [0.1, 0.15) is 50.1 Å². The quantitative estimate of drug-likeness (QED) is 0.529. The van der Waals surface area contributed by atoms with E-state index in [0.717, 1.165) is 22.4 Å². The Morgan fingerprint density at radius 2 is 1.83 bits per heavy atom. The van der Waals surface area contributed by atoms with Crippen LogP contribution in [-0.4, -0.2) is 34.7 Å². The normalized spacial score (nSPS) is 14.0. The molecular weight excluding hydrogens is 408 g/mol. The second-order valence-electron chi connectivity index (χ2n) is 8.58. The molecule has 5 nitrogen and oxygen atoms in total. The average Bonchev–Trinajstić information content (AvgIpc) is 3.06. The summed E-state index contributed by atoms with van der Waals surface area (Å²) in [6.45, 7) is 9.83. The van der Waals surface area contributed by atoms with Crippen LogP contribution in [0.4, 0.5) is 8.78 Å². The number of nitrogens with zero attached hydrogens (tertiary/aromatic N) is 1. The maximum absolute atomic E-state index is 13.5. The third-order valence-electron chi connectivity index (χ3n) is 4.74. The van der Waals surface area contributed by atoms with Crippen LogP contribution in [0.5, 0.6) is 0 Å². The summed E-state index contributed by atoms with van der Waals surface area (Å²) < 4.78 is 27.0. The molecule has 30 heavy (non-hydrogen) atoms. The number of thiazole rings is 1. The number of benzene rings is 1. The number of rotatable bonds is 10. The van der Waals surface area contributed by atoms with E-state index in [4.69, 9.17) is 0 Å². The SMILES string of the molecule is CC(=O)N[C@H](Cc1cc(F)cc(F)c1)[C@@H](O)CNC(C)(C)c1cnc(CC(C)C)s1. The molecule has 3 N–H and O–H groups in total. The van der Waals surface area contributed by atoms with Crippen LogP contribution in [0.3, 0.4) is 0 Å². The van der Waals surface area contributed by atoms with Gasteiger partial charge in [-0.2, -0.15) is 0 Å². The molecule has 2 rings (SSSR count). The molecular formula is C22H31F2N3O2S. The van der Waals surface area contributed by atoms with Gasteiger partial charge in [0.05, 0.1) is 17.2 Å². The van der Waals surface area contributed by atoms with Gasteiger partial charge in [-0.05, 0) is 43.9 Å². The van der Waals surface area contributed by atoms with Crippen molar-refractivity contribution >= 4 is 17.2 Å². The van der Waals surface area contributed by atoms with E-state index in [2.05, 4.69) is 29.5 Å². The lowest BCUT2D eigenvalue weighted by molar-refractivity contribution is -0.120. The van der Waals surface area contributed by atoms with Gasteiger partial charge in [0, 0.05) is 42.6 Å². The predicted molar refractivity (Wildman–Crippen MR) is 115 cm³/mol. The van der Waals surface area contributed by atoms with Crippen LogP contribution in [0.15, 0.2) is 24.4 Å². The Morgan fingerprint density at radius 3 is 2.40 bits per heavy atom. The molecule has 2 aromatic rings. The van der Waals surface area contributed by atoms with Crippen LogP contribution >= 0.6 is 11.3 Å². The van der Waals surface area contributed by atoms with E-state index in [9.17, 15) is 18.7 Å². The van der Waals surface area contributed by atoms with Crippen LogP contribution < -0.4 is 10.6 Å². The summed E-state index contributed by atoms with van der Waals surface area (Å²) in [6.07, 6.45) is 1.92. The van der Waals surface area contributed by atoms with E-state index in [-0.39, 0.29) is 18.9 Å². The Labute approximate surface area is 180 Å². The number of carbonyl (C=O) groups excluding carboxylic acids is 1. The number of aliphatic hydroxyl groups is 1. The van der Waals surface area contributed by atoms with Crippen molar-refractivity contribution in [2.45, 2.75) is 65.1 Å². The van der Waals surface area contributed by atoms with Crippen molar-refractivity contribution in [3.63, 3.8) is 0 Å². The highest BCUT2D eigenvalue weighted by Crippen LogP contribution is 2.27. The van der Waals surface area contributed by atoms with E-state index < -0.39 is 29.3 Å². The lowest BCUT2D eigenvalue weighted by Gasteiger charge is -2.30. The number of nitrogens with one attached hydrogen (secondary N) is 2. The molecule has 1 aromatic carbocycles. The van der Waals surface area contributed by atoms with Gasteiger partial charge in [-0.25, -0.2) is 13.8 Å². The molecule has 1 aromatic heterocycles. The molecule has 0 spiro atoms. The van der Waals surface area contributed by atoms with Gasteiger partial charge in [-0.1, -0.05) is 13.8 Å². The molecule has 0 aliphatic heterocycles. The van der Waals surface area contributed by atoms with Crippen molar-refractivity contribution in [2.75, 3.05) is 6.54 Å². The van der Waals surface area contributed by atoms with Crippen LogP contribution in [0, 0.1) is 17.6 Å². The lowest BCUT2D eigenvalue weighted by Crippen LogP contribution is -2.50. The molecule has 0 fully saturated rings. The molecule has 0 saturated heterocycles. The summed E-state index contributed by atoms with van der Waals surface area (Å²) >= 11 is 1.64. The van der Waals surface area contributed by atoms with Crippen molar-refractivity contribution in [2.24, 2.45) is 5.92 Å². The largest absolute Gasteiger partial charge is 0.390 e. The second-order valence-corrected chi connectivity index (χ2v) is 9.69. The summed E-state index contributed by atoms with van der Waals surface area (Å²) in [4.78, 5) is 17.1. The summed E-state index contributed by atoms with van der Waals surface area (Å²) in [5.41, 5.74) is -0.0649. The number of hydrogen-bond acceptors (Lipinski definition) is 5. The summed E-state index contributed by atoms with van der Waals surface area (Å²) in [5, 5.41) is 17.8. The summed E-state index contributed by atoms with van der Waals surface area (Å²) in [7, 11) is 0. The van der Waals surface area contributed by atoms with Gasteiger partial charge in [0.1, 0.15) is 11.6 Å². The van der Waals surface area contributed by atoms with E-state index in [0.29, 0.717) is 11.5 Å². The molecule has 0 aliphatic rings. The average molecular weight is 440 g/mol. The molecule has 0 saturated carbocycles. The number of hydrogen-bond donors (Lipinski definition) is 3. The Morgan fingerprint density at radius 1 is 1.20 bits per heavy atom. The van der Waals surface area contributed by atoms with Crippen LogP contribution in [0.2, 0.25) is 0 Å². The highest BCUT2D eigenvalue weighted by atomic mass is 32.1. The fourth-order valence-corrected chi connectivity index (χ4v) is 4.37. The first-order valence-electron chi connectivity index (χ1n) is 10.1. The Hall–Kier alpha value is -1.90. The standard InChI is InChI=1S/C22H31F2N3O2S/c1-13(2)6-21-25-12-20(30-21)22(4,5)26-11-19(29)18(27-14(3)28)9-15-7-16(23)10-17(24)8-15/h7-8,10,12-13,18-19,26,29H,6,9,11H2,1-5H3,(H,27,28)/t18-,19+/m1/s1. The number of aliphatic hydroxyl groups excluding tert-OH is 1. The Bertz CT molecular complexity index is 834. The summed E-state index contributed by atoms with van der Waals surface area (Å²) in [5.74, 6) is -1.19. The molecule has 1 heterocycles. The molecule has 0 unspecified atom stereocenters. The maximum atomic E-state index is 13.5. The highest BCUT2D eigenvalue weighted by Gasteiger charge is 2.27. The first-order valence-corrected chi connectivity index (χ1v) is 10.9. The van der Waals surface area contributed by atoms with Gasteiger partial charge in [-0.15, -0.1) is 11.3 Å². The Balaban J connectivity index is 2.06. The minimum absolute atomic E-state index is 0.108. The van der Waals surface area contributed by atoms with Crippen molar-refractivity contribution in [1.29, 1.82) is 0 Å².